The lowest BCUT2D eigenvalue weighted by Crippen LogP contribution is -2.30. The second-order valence-corrected chi connectivity index (χ2v) is 6.20. The van der Waals surface area contributed by atoms with Crippen LogP contribution in [-0.4, -0.2) is 18.4 Å². The summed E-state index contributed by atoms with van der Waals surface area (Å²) in [5, 5.41) is 0. The van der Waals surface area contributed by atoms with E-state index in [4.69, 9.17) is 0 Å². The molecule has 0 bridgehead atoms. The Morgan fingerprint density at radius 1 is 1.00 bits per heavy atom. The average molecular weight is 292 g/mol. The van der Waals surface area contributed by atoms with Gasteiger partial charge in [0.05, 0.1) is 4.90 Å². The molecule has 2 N–H and O–H groups in total. The number of nitrogens with zero attached hydrogens (tertiary/aromatic N) is 2. The molecule has 0 radical (unpaired) electrons. The van der Waals surface area contributed by atoms with E-state index < -0.39 is 10.0 Å². The zero-order chi connectivity index (χ0) is 14.8. The summed E-state index contributed by atoms with van der Waals surface area (Å²) in [5.74, 6) is 0.221. The van der Waals surface area contributed by atoms with Gasteiger partial charge in [0.1, 0.15) is 0 Å². The Balaban J connectivity index is 2.17. The molecule has 0 aliphatic rings. The van der Waals surface area contributed by atoms with Gasteiger partial charge in [0.2, 0.25) is 5.95 Å². The van der Waals surface area contributed by atoms with Crippen LogP contribution in [0.3, 0.4) is 0 Å². The molecule has 1 aromatic heterocycles. The molecule has 1 aromatic carbocycles. The van der Waals surface area contributed by atoms with Gasteiger partial charge in [-0.15, -0.1) is 4.83 Å². The van der Waals surface area contributed by atoms with Crippen LogP contribution in [-0.2, 0) is 10.0 Å². The van der Waals surface area contributed by atoms with Gasteiger partial charge in [-0.25, -0.2) is 18.4 Å². The standard InChI is InChI=1S/C13H16N4O2S/c1-9-5-4-6-12(7-9)20(18,19)17-16-13-14-10(2)8-11(3)15-13/h4-8,17H,1-3H3,(H,14,15,16). The van der Waals surface area contributed by atoms with E-state index in [2.05, 4.69) is 20.2 Å². The molecule has 1 heterocycles. The fraction of sp³-hybridized carbons (Fsp3) is 0.231. The Kier molecular flexibility index (Phi) is 4.01. The van der Waals surface area contributed by atoms with Crippen molar-refractivity contribution < 1.29 is 8.42 Å². The van der Waals surface area contributed by atoms with Crippen molar-refractivity contribution in [3.8, 4) is 0 Å². The van der Waals surface area contributed by atoms with Crippen LogP contribution in [0, 0.1) is 20.8 Å². The number of aromatic nitrogens is 2. The van der Waals surface area contributed by atoms with E-state index in [1.165, 1.54) is 6.07 Å². The van der Waals surface area contributed by atoms with Gasteiger partial charge in [-0.05, 0) is 44.5 Å². The normalized spacial score (nSPS) is 11.3. The number of aryl methyl sites for hydroxylation is 3. The van der Waals surface area contributed by atoms with Crippen molar-refractivity contribution in [2.45, 2.75) is 25.7 Å². The molecular formula is C13H16N4O2S. The van der Waals surface area contributed by atoms with E-state index in [9.17, 15) is 8.42 Å². The molecule has 2 aromatic rings. The van der Waals surface area contributed by atoms with Crippen LogP contribution >= 0.6 is 0 Å². The molecule has 20 heavy (non-hydrogen) atoms. The summed E-state index contributed by atoms with van der Waals surface area (Å²) in [6.07, 6.45) is 0. The third-order valence-corrected chi connectivity index (χ3v) is 3.82. The first-order chi connectivity index (χ1) is 9.37. The number of nitrogens with one attached hydrogen (secondary N) is 2. The minimum atomic E-state index is -3.65. The molecule has 0 fully saturated rings. The predicted octanol–water partition coefficient (Wildman–Crippen LogP) is 1.71. The van der Waals surface area contributed by atoms with Gasteiger partial charge >= 0.3 is 0 Å². The predicted molar refractivity (Wildman–Crippen MR) is 76.6 cm³/mol. The summed E-state index contributed by atoms with van der Waals surface area (Å²) < 4.78 is 24.2. The largest absolute Gasteiger partial charge is 0.276 e. The summed E-state index contributed by atoms with van der Waals surface area (Å²) in [6, 6.07) is 8.45. The van der Waals surface area contributed by atoms with Crippen molar-refractivity contribution in [3.05, 3.63) is 47.3 Å². The molecule has 0 saturated carbocycles. The van der Waals surface area contributed by atoms with Gasteiger partial charge in [0, 0.05) is 11.4 Å². The molecule has 2 rings (SSSR count). The molecule has 7 heteroatoms. The highest BCUT2D eigenvalue weighted by Gasteiger charge is 2.14. The molecule has 0 aliphatic carbocycles. The van der Waals surface area contributed by atoms with Crippen molar-refractivity contribution >= 4 is 16.0 Å². The Morgan fingerprint density at radius 3 is 2.25 bits per heavy atom. The fourth-order valence-electron chi connectivity index (χ4n) is 1.74. The first kappa shape index (κ1) is 14.4. The minimum absolute atomic E-state index is 0.189. The lowest BCUT2D eigenvalue weighted by molar-refractivity contribution is 0.587. The van der Waals surface area contributed by atoms with E-state index in [0.717, 1.165) is 17.0 Å². The van der Waals surface area contributed by atoms with Crippen molar-refractivity contribution in [2.24, 2.45) is 0 Å². The quantitative estimate of drug-likeness (QED) is 0.838. The van der Waals surface area contributed by atoms with Crippen molar-refractivity contribution in [3.63, 3.8) is 0 Å². The van der Waals surface area contributed by atoms with Crippen LogP contribution in [0.1, 0.15) is 17.0 Å². The minimum Gasteiger partial charge on any atom is -0.276 e. The molecular weight excluding hydrogens is 276 g/mol. The summed E-state index contributed by atoms with van der Waals surface area (Å²) in [4.78, 5) is 10.7. The van der Waals surface area contributed by atoms with Crippen LogP contribution in [0.2, 0.25) is 0 Å². The van der Waals surface area contributed by atoms with E-state index in [-0.39, 0.29) is 10.8 Å². The highest BCUT2D eigenvalue weighted by Crippen LogP contribution is 2.11. The number of sulfonamides is 1. The van der Waals surface area contributed by atoms with E-state index in [1.54, 1.807) is 18.2 Å². The van der Waals surface area contributed by atoms with E-state index in [1.807, 2.05) is 26.8 Å². The molecule has 0 atom stereocenters. The third kappa shape index (κ3) is 3.52. The number of anilines is 1. The van der Waals surface area contributed by atoms with Crippen LogP contribution in [0.15, 0.2) is 35.2 Å². The van der Waals surface area contributed by atoms with Gasteiger partial charge in [-0.2, -0.15) is 0 Å². The van der Waals surface area contributed by atoms with Gasteiger partial charge in [-0.3, -0.25) is 5.43 Å². The second-order valence-electron chi connectivity index (χ2n) is 4.52. The monoisotopic (exact) mass is 292 g/mol. The van der Waals surface area contributed by atoms with Crippen LogP contribution < -0.4 is 10.3 Å². The van der Waals surface area contributed by atoms with E-state index in [0.29, 0.717) is 0 Å². The molecule has 0 saturated heterocycles. The lowest BCUT2D eigenvalue weighted by Gasteiger charge is -2.09. The van der Waals surface area contributed by atoms with Crippen molar-refractivity contribution in [1.82, 2.24) is 14.8 Å². The molecule has 0 spiro atoms. The van der Waals surface area contributed by atoms with Crippen LogP contribution in [0.25, 0.3) is 0 Å². The molecule has 106 valence electrons. The third-order valence-electron chi connectivity index (χ3n) is 2.58. The summed E-state index contributed by atoms with van der Waals surface area (Å²) in [7, 11) is -3.65. The highest BCUT2D eigenvalue weighted by molar-refractivity contribution is 7.89. The Labute approximate surface area is 118 Å². The summed E-state index contributed by atoms with van der Waals surface area (Å²) in [6.45, 7) is 5.46. The summed E-state index contributed by atoms with van der Waals surface area (Å²) in [5.41, 5.74) is 4.91. The Morgan fingerprint density at radius 2 is 1.65 bits per heavy atom. The zero-order valence-electron chi connectivity index (χ0n) is 11.5. The maximum atomic E-state index is 12.1. The fourth-order valence-corrected chi connectivity index (χ4v) is 2.68. The van der Waals surface area contributed by atoms with Gasteiger partial charge in [0.25, 0.3) is 10.0 Å². The molecule has 0 amide bonds. The zero-order valence-corrected chi connectivity index (χ0v) is 12.3. The average Bonchev–Trinajstić information content (AvgIpc) is 2.35. The number of hydrazine groups is 1. The first-order valence-corrected chi connectivity index (χ1v) is 7.52. The Bertz CT molecular complexity index is 709. The first-order valence-electron chi connectivity index (χ1n) is 6.03. The molecule has 0 aliphatic heterocycles. The highest BCUT2D eigenvalue weighted by atomic mass is 32.2. The topological polar surface area (TPSA) is 84.0 Å². The number of hydrogen-bond acceptors (Lipinski definition) is 5. The number of hydrogen-bond donors (Lipinski definition) is 2. The van der Waals surface area contributed by atoms with Gasteiger partial charge in [-0.1, -0.05) is 12.1 Å². The van der Waals surface area contributed by atoms with E-state index >= 15 is 0 Å². The van der Waals surface area contributed by atoms with Gasteiger partial charge in [0.15, 0.2) is 0 Å². The second kappa shape index (κ2) is 5.56. The molecule has 0 unspecified atom stereocenters. The van der Waals surface area contributed by atoms with Crippen molar-refractivity contribution in [1.29, 1.82) is 0 Å². The van der Waals surface area contributed by atoms with Crippen molar-refractivity contribution in [2.75, 3.05) is 5.43 Å². The van der Waals surface area contributed by atoms with Gasteiger partial charge < -0.3 is 0 Å². The maximum absolute atomic E-state index is 12.1. The number of rotatable bonds is 4. The lowest BCUT2D eigenvalue weighted by atomic mass is 10.2. The molecule has 6 nitrogen and oxygen atoms in total. The smallest absolute Gasteiger partial charge is 0.257 e. The SMILES string of the molecule is Cc1cccc(S(=O)(=O)NNc2nc(C)cc(C)n2)c1. The van der Waals surface area contributed by atoms with Crippen LogP contribution in [0.5, 0.6) is 0 Å². The number of benzene rings is 1. The maximum Gasteiger partial charge on any atom is 0.257 e. The Hall–Kier alpha value is -1.99. The summed E-state index contributed by atoms with van der Waals surface area (Å²) >= 11 is 0. The van der Waals surface area contributed by atoms with Crippen LogP contribution in [0.4, 0.5) is 5.95 Å².